The molecule has 16 heavy (non-hydrogen) atoms. The Kier molecular flexibility index (Phi) is 8.06. The fourth-order valence-corrected chi connectivity index (χ4v) is 1.13. The van der Waals surface area contributed by atoms with Crippen LogP contribution in [0.5, 0.6) is 0 Å². The van der Waals surface area contributed by atoms with Crippen molar-refractivity contribution in [3.05, 3.63) is 12.3 Å². The van der Waals surface area contributed by atoms with E-state index in [2.05, 4.69) is 6.58 Å². The van der Waals surface area contributed by atoms with E-state index in [-0.39, 0.29) is 0 Å². The predicted molar refractivity (Wildman–Crippen MR) is 58.4 cm³/mol. The molecule has 0 bridgehead atoms. The lowest BCUT2D eigenvalue weighted by Crippen LogP contribution is -2.12. The highest BCUT2D eigenvalue weighted by Crippen LogP contribution is 1.95. The van der Waals surface area contributed by atoms with Gasteiger partial charge in [0, 0.05) is 0 Å². The predicted octanol–water partition coefficient (Wildman–Crippen LogP) is 0.597. The summed E-state index contributed by atoms with van der Waals surface area (Å²) in [5, 5.41) is 0. The molecular formula is C11H20O5. The third kappa shape index (κ3) is 7.64. The van der Waals surface area contributed by atoms with Crippen LogP contribution in [0.15, 0.2) is 12.3 Å². The van der Waals surface area contributed by atoms with Gasteiger partial charge in [-0.1, -0.05) is 6.58 Å². The van der Waals surface area contributed by atoms with Gasteiger partial charge in [-0.2, -0.15) is 0 Å². The van der Waals surface area contributed by atoms with E-state index in [0.717, 1.165) is 0 Å². The van der Waals surface area contributed by atoms with E-state index in [0.29, 0.717) is 65.2 Å². The van der Waals surface area contributed by atoms with Gasteiger partial charge in [-0.05, 0) is 0 Å². The standard InChI is InChI=1S/C11H20O5/c1-11-10-15-7-6-13-3-2-12-4-5-14-8-9-16-11/h1-10H2. The van der Waals surface area contributed by atoms with Crippen LogP contribution in [0.25, 0.3) is 0 Å². The van der Waals surface area contributed by atoms with Crippen LogP contribution in [-0.4, -0.2) is 59.5 Å². The third-order valence-corrected chi connectivity index (χ3v) is 1.91. The lowest BCUT2D eigenvalue weighted by atomic mass is 10.6. The fraction of sp³-hybridized carbons (Fsp3) is 0.818. The van der Waals surface area contributed by atoms with E-state index >= 15 is 0 Å². The van der Waals surface area contributed by atoms with Gasteiger partial charge in [-0.15, -0.1) is 0 Å². The molecule has 1 rings (SSSR count). The molecule has 0 aromatic carbocycles. The van der Waals surface area contributed by atoms with Crippen LogP contribution in [0.3, 0.4) is 0 Å². The SMILES string of the molecule is C=C1COCCOCCOCCOCCO1. The van der Waals surface area contributed by atoms with Crippen LogP contribution in [0.1, 0.15) is 0 Å². The van der Waals surface area contributed by atoms with E-state index in [1.54, 1.807) is 0 Å². The molecule has 1 fully saturated rings. The summed E-state index contributed by atoms with van der Waals surface area (Å²) in [5.74, 6) is 0.620. The topological polar surface area (TPSA) is 46.2 Å². The van der Waals surface area contributed by atoms with Gasteiger partial charge in [0.25, 0.3) is 0 Å². The second-order valence-electron chi connectivity index (χ2n) is 3.28. The zero-order valence-corrected chi connectivity index (χ0v) is 9.61. The summed E-state index contributed by atoms with van der Waals surface area (Å²) in [5.41, 5.74) is 0. The van der Waals surface area contributed by atoms with Crippen molar-refractivity contribution in [1.82, 2.24) is 0 Å². The quantitative estimate of drug-likeness (QED) is 0.612. The molecule has 0 atom stereocenters. The van der Waals surface area contributed by atoms with Gasteiger partial charge in [-0.25, -0.2) is 0 Å². The Labute approximate surface area is 96.3 Å². The van der Waals surface area contributed by atoms with Crippen molar-refractivity contribution in [2.45, 2.75) is 0 Å². The summed E-state index contributed by atoms with van der Waals surface area (Å²) in [6.45, 7) is 8.61. The van der Waals surface area contributed by atoms with Gasteiger partial charge in [0.1, 0.15) is 19.0 Å². The minimum atomic E-state index is 0.403. The number of hydrogen-bond donors (Lipinski definition) is 0. The average Bonchev–Trinajstić information content (AvgIpc) is 2.29. The van der Waals surface area contributed by atoms with E-state index < -0.39 is 0 Å². The van der Waals surface area contributed by atoms with Gasteiger partial charge in [0.15, 0.2) is 0 Å². The first-order valence-corrected chi connectivity index (χ1v) is 5.51. The molecule has 1 heterocycles. The first-order valence-electron chi connectivity index (χ1n) is 5.51. The zero-order chi connectivity index (χ0) is 11.5. The van der Waals surface area contributed by atoms with Crippen LogP contribution in [0.2, 0.25) is 0 Å². The van der Waals surface area contributed by atoms with Crippen LogP contribution in [0, 0.1) is 0 Å². The molecule has 0 saturated carbocycles. The summed E-state index contributed by atoms with van der Waals surface area (Å²) < 4.78 is 26.4. The molecule has 5 nitrogen and oxygen atoms in total. The summed E-state index contributed by atoms with van der Waals surface area (Å²) in [6.07, 6.45) is 0. The Morgan fingerprint density at radius 2 is 1.06 bits per heavy atom. The van der Waals surface area contributed by atoms with Crippen LogP contribution in [-0.2, 0) is 23.7 Å². The second-order valence-corrected chi connectivity index (χ2v) is 3.28. The van der Waals surface area contributed by atoms with Crippen LogP contribution in [0.4, 0.5) is 0 Å². The fourth-order valence-electron chi connectivity index (χ4n) is 1.13. The Bertz CT molecular complexity index is 165. The van der Waals surface area contributed by atoms with Crippen molar-refractivity contribution < 1.29 is 23.7 Å². The third-order valence-electron chi connectivity index (χ3n) is 1.91. The van der Waals surface area contributed by atoms with Crippen molar-refractivity contribution in [3.8, 4) is 0 Å². The maximum absolute atomic E-state index is 5.29. The van der Waals surface area contributed by atoms with Crippen molar-refractivity contribution in [1.29, 1.82) is 0 Å². The molecule has 5 heteroatoms. The van der Waals surface area contributed by atoms with Gasteiger partial charge < -0.3 is 23.7 Å². The molecule has 1 saturated heterocycles. The van der Waals surface area contributed by atoms with Crippen LogP contribution < -0.4 is 0 Å². The molecule has 0 amide bonds. The molecule has 0 radical (unpaired) electrons. The van der Waals surface area contributed by atoms with Gasteiger partial charge in [0.2, 0.25) is 0 Å². The van der Waals surface area contributed by atoms with Crippen LogP contribution >= 0.6 is 0 Å². The van der Waals surface area contributed by atoms with Gasteiger partial charge in [0.05, 0.1) is 46.2 Å². The molecule has 0 aromatic heterocycles. The van der Waals surface area contributed by atoms with Gasteiger partial charge in [-0.3, -0.25) is 0 Å². The highest BCUT2D eigenvalue weighted by atomic mass is 16.6. The van der Waals surface area contributed by atoms with E-state index in [4.69, 9.17) is 23.7 Å². The van der Waals surface area contributed by atoms with E-state index in [9.17, 15) is 0 Å². The Morgan fingerprint density at radius 3 is 1.62 bits per heavy atom. The number of rotatable bonds is 0. The number of ether oxygens (including phenoxy) is 5. The number of hydrogen-bond acceptors (Lipinski definition) is 5. The van der Waals surface area contributed by atoms with Crippen molar-refractivity contribution in [2.24, 2.45) is 0 Å². The van der Waals surface area contributed by atoms with Gasteiger partial charge >= 0.3 is 0 Å². The lowest BCUT2D eigenvalue weighted by molar-refractivity contribution is 0.00206. The van der Waals surface area contributed by atoms with E-state index in [1.807, 2.05) is 0 Å². The smallest absolute Gasteiger partial charge is 0.115 e. The Balaban J connectivity index is 2.13. The summed E-state index contributed by atoms with van der Waals surface area (Å²) >= 11 is 0. The largest absolute Gasteiger partial charge is 0.494 e. The highest BCUT2D eigenvalue weighted by Gasteiger charge is 1.98. The minimum absolute atomic E-state index is 0.403. The molecule has 94 valence electrons. The highest BCUT2D eigenvalue weighted by molar-refractivity contribution is 4.81. The molecule has 0 unspecified atom stereocenters. The lowest BCUT2D eigenvalue weighted by Gasteiger charge is -2.09. The van der Waals surface area contributed by atoms with E-state index in [1.165, 1.54) is 0 Å². The Hall–Kier alpha value is -0.620. The first kappa shape index (κ1) is 13.4. The summed E-state index contributed by atoms with van der Waals surface area (Å²) in [4.78, 5) is 0. The summed E-state index contributed by atoms with van der Waals surface area (Å²) in [6, 6.07) is 0. The average molecular weight is 232 g/mol. The maximum atomic E-state index is 5.29. The molecule has 0 spiro atoms. The molecular weight excluding hydrogens is 212 g/mol. The second kappa shape index (κ2) is 9.59. The molecule has 0 N–H and O–H groups in total. The van der Waals surface area contributed by atoms with Crippen molar-refractivity contribution in [2.75, 3.05) is 59.5 Å². The summed E-state index contributed by atoms with van der Waals surface area (Å²) in [7, 11) is 0. The Morgan fingerprint density at radius 1 is 0.625 bits per heavy atom. The maximum Gasteiger partial charge on any atom is 0.115 e. The van der Waals surface area contributed by atoms with Crippen molar-refractivity contribution in [3.63, 3.8) is 0 Å². The molecule has 0 aliphatic carbocycles. The molecule has 1 aliphatic heterocycles. The molecule has 0 aromatic rings. The van der Waals surface area contributed by atoms with Crippen molar-refractivity contribution >= 4 is 0 Å². The normalized spacial score (nSPS) is 22.9. The first-order chi connectivity index (χ1) is 7.89. The molecule has 1 aliphatic rings. The minimum Gasteiger partial charge on any atom is -0.494 e. The monoisotopic (exact) mass is 232 g/mol. The zero-order valence-electron chi connectivity index (χ0n) is 9.61.